The summed E-state index contributed by atoms with van der Waals surface area (Å²) < 4.78 is 14.0. The van der Waals surface area contributed by atoms with E-state index in [9.17, 15) is 0 Å². The topological polar surface area (TPSA) is 29.5 Å². The van der Waals surface area contributed by atoms with Crippen molar-refractivity contribution in [2.24, 2.45) is 0 Å². The average Bonchev–Trinajstić information content (AvgIpc) is 3.91. The Morgan fingerprint density at radius 3 is 1.95 bits per heavy atom. The Kier molecular flexibility index (Phi) is 6.98. The van der Waals surface area contributed by atoms with Gasteiger partial charge in [0.2, 0.25) is 0 Å². The van der Waals surface area contributed by atoms with Crippen LogP contribution in [-0.2, 0) is 5.41 Å². The molecule has 0 atom stereocenters. The highest BCUT2D eigenvalue weighted by molar-refractivity contribution is 6.24. The quantitative estimate of drug-likeness (QED) is 0.176. The zero-order valence-electron chi connectivity index (χ0n) is 32.2. The van der Waals surface area contributed by atoms with Crippen LogP contribution in [0.2, 0.25) is 0 Å². The zero-order chi connectivity index (χ0) is 38.5. The Balaban J connectivity index is 1.14. The molecule has 9 aromatic carbocycles. The lowest BCUT2D eigenvalue weighted by atomic mass is 9.82. The fourth-order valence-electron chi connectivity index (χ4n) is 9.68. The van der Waals surface area contributed by atoms with Gasteiger partial charge in [-0.3, -0.25) is 0 Å². The van der Waals surface area contributed by atoms with Crippen LogP contribution >= 0.6 is 0 Å². The van der Waals surface area contributed by atoms with Gasteiger partial charge in [-0.15, -0.1) is 0 Å². The Labute approximate surface area is 336 Å². The Bertz CT molecular complexity index is 3420. The number of hydrogen-bond donors (Lipinski definition) is 0. The average molecular weight is 744 g/mol. The van der Waals surface area contributed by atoms with E-state index in [4.69, 9.17) is 8.83 Å². The van der Waals surface area contributed by atoms with E-state index in [1.54, 1.807) is 0 Å². The summed E-state index contributed by atoms with van der Waals surface area (Å²) in [5, 5.41) is 6.54. The summed E-state index contributed by atoms with van der Waals surface area (Å²) >= 11 is 0. The molecule has 274 valence electrons. The molecule has 0 aliphatic heterocycles. The normalized spacial score (nSPS) is 13.1. The highest BCUT2D eigenvalue weighted by Gasteiger charge is 2.36. The van der Waals surface area contributed by atoms with Crippen LogP contribution in [0.4, 0.5) is 17.1 Å². The van der Waals surface area contributed by atoms with Gasteiger partial charge < -0.3 is 13.7 Å². The Hall–Kier alpha value is -7.36. The molecule has 0 radical (unpaired) electrons. The number of rotatable bonds is 5. The summed E-state index contributed by atoms with van der Waals surface area (Å²) in [7, 11) is 0. The first-order valence-electron chi connectivity index (χ1n) is 20.0. The molecule has 3 nitrogen and oxygen atoms in total. The molecule has 1 aliphatic carbocycles. The number of hydrogen-bond acceptors (Lipinski definition) is 3. The summed E-state index contributed by atoms with van der Waals surface area (Å²) in [6.07, 6.45) is 0. The van der Waals surface area contributed by atoms with Gasteiger partial charge in [-0.05, 0) is 80.7 Å². The van der Waals surface area contributed by atoms with E-state index in [2.05, 4.69) is 195 Å². The summed E-state index contributed by atoms with van der Waals surface area (Å²) in [6, 6.07) is 67.5. The van der Waals surface area contributed by atoms with Gasteiger partial charge in [-0.25, -0.2) is 0 Å². The fourth-order valence-corrected chi connectivity index (χ4v) is 9.68. The van der Waals surface area contributed by atoms with Gasteiger partial charge in [-0.1, -0.05) is 166 Å². The van der Waals surface area contributed by atoms with Crippen molar-refractivity contribution < 1.29 is 8.83 Å². The van der Waals surface area contributed by atoms with Crippen molar-refractivity contribution in [1.82, 2.24) is 0 Å². The van der Waals surface area contributed by atoms with Crippen molar-refractivity contribution in [3.05, 3.63) is 199 Å². The van der Waals surface area contributed by atoms with E-state index in [0.29, 0.717) is 0 Å². The molecule has 0 saturated carbocycles. The number of furan rings is 2. The summed E-state index contributed by atoms with van der Waals surface area (Å²) in [5.74, 6) is 0. The second-order valence-corrected chi connectivity index (χ2v) is 16.0. The molecule has 0 fully saturated rings. The molecule has 0 spiro atoms. The predicted molar refractivity (Wildman–Crippen MR) is 242 cm³/mol. The lowest BCUT2D eigenvalue weighted by Gasteiger charge is -2.29. The van der Waals surface area contributed by atoms with E-state index >= 15 is 0 Å². The van der Waals surface area contributed by atoms with Gasteiger partial charge in [0.05, 0.1) is 11.4 Å². The molecule has 0 amide bonds. The summed E-state index contributed by atoms with van der Waals surface area (Å²) in [4.78, 5) is 2.40. The molecule has 11 aromatic rings. The molecule has 58 heavy (non-hydrogen) atoms. The molecule has 0 saturated heterocycles. The molecule has 3 heteroatoms. The first kappa shape index (κ1) is 32.8. The third kappa shape index (κ3) is 4.74. The fraction of sp³-hybridized carbons (Fsp3) is 0.0545. The van der Waals surface area contributed by atoms with Crippen molar-refractivity contribution in [1.29, 1.82) is 0 Å². The van der Waals surface area contributed by atoms with Crippen molar-refractivity contribution in [2.75, 3.05) is 4.90 Å². The third-order valence-corrected chi connectivity index (χ3v) is 12.5. The molecular weight excluding hydrogens is 707 g/mol. The Morgan fingerprint density at radius 1 is 0.414 bits per heavy atom. The SMILES string of the molecule is CC1(C)c2ccccc2-c2ccc(N(c3cccc4ccccc34)c3cccc4c3oc3c(-c5ccc(-c6ccccc6)cc5)c5c(cc34)oc3ccccc35)cc21. The van der Waals surface area contributed by atoms with E-state index in [1.165, 1.54) is 44.2 Å². The minimum absolute atomic E-state index is 0.153. The first-order chi connectivity index (χ1) is 28.5. The first-order valence-corrected chi connectivity index (χ1v) is 20.0. The third-order valence-electron chi connectivity index (χ3n) is 12.5. The zero-order valence-corrected chi connectivity index (χ0v) is 32.2. The molecule has 2 heterocycles. The van der Waals surface area contributed by atoms with E-state index in [0.717, 1.165) is 72.1 Å². The van der Waals surface area contributed by atoms with Crippen molar-refractivity contribution in [2.45, 2.75) is 19.3 Å². The van der Waals surface area contributed by atoms with Crippen molar-refractivity contribution >= 4 is 71.7 Å². The van der Waals surface area contributed by atoms with Gasteiger partial charge >= 0.3 is 0 Å². The largest absolute Gasteiger partial charge is 0.456 e. The molecular formula is C55H37NO2. The number of para-hydroxylation sites is 2. The van der Waals surface area contributed by atoms with Crippen LogP contribution in [0.1, 0.15) is 25.0 Å². The lowest BCUT2D eigenvalue weighted by Crippen LogP contribution is -2.16. The molecule has 1 aliphatic rings. The predicted octanol–water partition coefficient (Wildman–Crippen LogP) is 15.7. The summed E-state index contributed by atoms with van der Waals surface area (Å²) in [6.45, 7) is 4.69. The second-order valence-electron chi connectivity index (χ2n) is 16.0. The number of fused-ring (bicyclic) bond motifs is 10. The molecule has 12 rings (SSSR count). The van der Waals surface area contributed by atoms with Crippen LogP contribution in [0.3, 0.4) is 0 Å². The minimum Gasteiger partial charge on any atom is -0.456 e. The van der Waals surface area contributed by atoms with Gasteiger partial charge in [0.25, 0.3) is 0 Å². The molecule has 0 bridgehead atoms. The Morgan fingerprint density at radius 2 is 1.07 bits per heavy atom. The number of nitrogens with zero attached hydrogens (tertiary/aromatic N) is 1. The highest BCUT2D eigenvalue weighted by Crippen LogP contribution is 2.53. The van der Waals surface area contributed by atoms with Gasteiger partial charge in [-0.2, -0.15) is 0 Å². The van der Waals surface area contributed by atoms with Gasteiger partial charge in [0.1, 0.15) is 16.7 Å². The van der Waals surface area contributed by atoms with Crippen LogP contribution in [0.5, 0.6) is 0 Å². The second kappa shape index (κ2) is 12.3. The summed E-state index contributed by atoms with van der Waals surface area (Å²) in [5.41, 5.74) is 16.1. The van der Waals surface area contributed by atoms with Gasteiger partial charge in [0.15, 0.2) is 5.58 Å². The monoisotopic (exact) mass is 743 g/mol. The van der Waals surface area contributed by atoms with Crippen molar-refractivity contribution in [3.63, 3.8) is 0 Å². The van der Waals surface area contributed by atoms with Crippen LogP contribution in [0.15, 0.2) is 197 Å². The maximum atomic E-state index is 7.35. The van der Waals surface area contributed by atoms with Crippen LogP contribution in [0.25, 0.3) is 88.0 Å². The van der Waals surface area contributed by atoms with E-state index in [-0.39, 0.29) is 5.41 Å². The molecule has 0 N–H and O–H groups in total. The lowest BCUT2D eigenvalue weighted by molar-refractivity contribution is 0.660. The maximum Gasteiger partial charge on any atom is 0.159 e. The number of anilines is 3. The molecule has 0 unspecified atom stereocenters. The van der Waals surface area contributed by atoms with Crippen LogP contribution < -0.4 is 4.90 Å². The van der Waals surface area contributed by atoms with Crippen molar-refractivity contribution in [3.8, 4) is 33.4 Å². The highest BCUT2D eigenvalue weighted by atomic mass is 16.3. The van der Waals surface area contributed by atoms with E-state index in [1.807, 2.05) is 12.1 Å². The number of benzene rings is 9. The molecule has 2 aromatic heterocycles. The standard InChI is InChI=1S/C55H37NO2/c1-55(2)45-22-10-8-19-40(45)41-31-30-38(32-46(41)55)56(47-23-12-17-36-16-6-7-18-39(36)47)48-24-13-21-42-44-33-50-52(43-20-9-11-25-49(43)57-50)51(54(44)58-53(42)48)37-28-26-35(27-29-37)34-14-4-3-5-15-34/h3-33H,1-2H3. The van der Waals surface area contributed by atoms with E-state index < -0.39 is 0 Å². The van der Waals surface area contributed by atoms with Gasteiger partial charge in [0, 0.05) is 43.6 Å². The maximum absolute atomic E-state index is 7.35. The smallest absolute Gasteiger partial charge is 0.159 e. The van der Waals surface area contributed by atoms with Crippen LogP contribution in [0, 0.1) is 0 Å². The van der Waals surface area contributed by atoms with Crippen LogP contribution in [-0.4, -0.2) is 0 Å². The minimum atomic E-state index is -0.153.